The molecule has 0 radical (unpaired) electrons. The van der Waals surface area contributed by atoms with Crippen molar-refractivity contribution in [3.63, 3.8) is 0 Å². The van der Waals surface area contributed by atoms with E-state index in [0.29, 0.717) is 0 Å². The second-order valence-corrected chi connectivity index (χ2v) is 18.6. The Balaban J connectivity index is 6.49. The van der Waals surface area contributed by atoms with E-state index in [0.717, 1.165) is 6.92 Å². The SMILES string of the molecule is C[C@@H](O)[C@H](NC(=O)[C@H](CCC(=O)O)NC(=O)[C@H](CCCNC(=N)N)NC(=O)[C@H](CCCNC(=N)N)NC(=O)[C@H](CS)NC(=O)[C@H](CS)NC(=O)[C@H](CS)NC(=O)[C@H](CS)NC(=O)[C@H](CC(N)=O)NC(=O)[C@@H](N)CC(N)=O)C(=O)O. The molecule has 79 heavy (non-hydrogen) atoms. The number of amides is 11. The normalized spacial score (nSPS) is 15.0. The van der Waals surface area contributed by atoms with E-state index in [1.165, 1.54) is 0 Å². The molecular formula is C41H72N18O16S4. The monoisotopic (exact) mass is 1200 g/mol. The number of rotatable bonds is 39. The number of aliphatic hydroxyl groups is 1. The van der Waals surface area contributed by atoms with Crippen LogP contribution >= 0.6 is 50.5 Å². The highest BCUT2D eigenvalue weighted by Crippen LogP contribution is 2.08. The number of aliphatic hydroxyl groups excluding tert-OH is 1. The van der Waals surface area contributed by atoms with Crippen LogP contribution in [0.1, 0.15) is 58.3 Å². The first kappa shape index (κ1) is 72.0. The number of nitrogens with one attached hydrogen (secondary N) is 13. The van der Waals surface area contributed by atoms with Gasteiger partial charge < -0.3 is 102 Å². The van der Waals surface area contributed by atoms with Crippen LogP contribution in [0.15, 0.2) is 0 Å². The second kappa shape index (κ2) is 37.7. The van der Waals surface area contributed by atoms with E-state index < -0.39 is 204 Å². The zero-order valence-corrected chi connectivity index (χ0v) is 46.2. The number of nitrogens with two attached hydrogens (primary N) is 5. The molecule has 0 aliphatic heterocycles. The number of carbonyl (C=O) groups excluding carboxylic acids is 11. The van der Waals surface area contributed by atoms with Crippen LogP contribution in [0, 0.1) is 10.8 Å². The van der Waals surface area contributed by atoms with Crippen molar-refractivity contribution in [3.05, 3.63) is 0 Å². The molecule has 0 aliphatic rings. The van der Waals surface area contributed by atoms with Crippen molar-refractivity contribution in [3.8, 4) is 0 Å². The molecule has 0 saturated heterocycles. The third-order valence-corrected chi connectivity index (χ3v) is 12.1. The maximum atomic E-state index is 14.1. The predicted molar refractivity (Wildman–Crippen MR) is 293 cm³/mol. The van der Waals surface area contributed by atoms with Gasteiger partial charge in [-0.15, -0.1) is 0 Å². The number of primary amides is 2. The van der Waals surface area contributed by atoms with Crippen LogP contribution in [0.2, 0.25) is 0 Å². The zero-order valence-electron chi connectivity index (χ0n) is 42.6. The lowest BCUT2D eigenvalue weighted by atomic mass is 10.0. The number of hydrogen-bond acceptors (Lipinski definition) is 21. The minimum atomic E-state index is -1.88. The van der Waals surface area contributed by atoms with E-state index >= 15 is 0 Å². The quantitative estimate of drug-likeness (QED) is 0.0118. The average molecular weight is 1200 g/mol. The molecule has 0 aromatic rings. The topological polar surface area (TPSA) is 593 Å². The molecule has 38 heteroatoms. The van der Waals surface area contributed by atoms with Crippen LogP contribution in [-0.4, -0.2) is 207 Å². The Kier molecular flexibility index (Phi) is 34.4. The van der Waals surface area contributed by atoms with Gasteiger partial charge in [-0.25, -0.2) is 4.79 Å². The summed E-state index contributed by atoms with van der Waals surface area (Å²) in [6.45, 7) is 1.02. The van der Waals surface area contributed by atoms with Crippen LogP contribution in [0.5, 0.6) is 0 Å². The molecular weight excluding hydrogens is 1130 g/mol. The fraction of sp³-hybridized carbons (Fsp3) is 0.634. The molecule has 0 aliphatic carbocycles. The predicted octanol–water partition coefficient (Wildman–Crippen LogP) is -10.00. The van der Waals surface area contributed by atoms with E-state index in [1.54, 1.807) is 0 Å². The first-order valence-electron chi connectivity index (χ1n) is 23.7. The van der Waals surface area contributed by atoms with Gasteiger partial charge in [-0.2, -0.15) is 50.5 Å². The van der Waals surface area contributed by atoms with Gasteiger partial charge >= 0.3 is 11.9 Å². The maximum Gasteiger partial charge on any atom is 0.328 e. The molecule has 0 rings (SSSR count). The van der Waals surface area contributed by atoms with Crippen molar-refractivity contribution in [2.24, 2.45) is 28.7 Å². The smallest absolute Gasteiger partial charge is 0.328 e. The van der Waals surface area contributed by atoms with Gasteiger partial charge in [-0.1, -0.05) is 0 Å². The molecule has 0 aromatic heterocycles. The van der Waals surface area contributed by atoms with Gasteiger partial charge in [-0.05, 0) is 39.0 Å². The highest BCUT2D eigenvalue weighted by atomic mass is 32.1. The summed E-state index contributed by atoms with van der Waals surface area (Å²) in [5, 5.41) is 69.2. The molecule has 34 nitrogen and oxygen atoms in total. The van der Waals surface area contributed by atoms with Gasteiger partial charge in [0.15, 0.2) is 18.0 Å². The van der Waals surface area contributed by atoms with Crippen LogP contribution in [0.25, 0.3) is 0 Å². The fourth-order valence-electron chi connectivity index (χ4n) is 6.46. The lowest BCUT2D eigenvalue weighted by molar-refractivity contribution is -0.145. The number of carboxylic acids is 2. The van der Waals surface area contributed by atoms with Crippen molar-refractivity contribution < 1.29 is 77.6 Å². The average Bonchev–Trinajstić information content (AvgIpc) is 3.36. The molecule has 11 amide bonds. The Morgan fingerprint density at radius 3 is 1.03 bits per heavy atom. The number of aliphatic carboxylic acids is 2. The van der Waals surface area contributed by atoms with Gasteiger partial charge in [-0.3, -0.25) is 68.4 Å². The van der Waals surface area contributed by atoms with Gasteiger partial charge in [0.05, 0.1) is 25.0 Å². The molecule has 0 spiro atoms. The molecule has 0 unspecified atom stereocenters. The third-order valence-electron chi connectivity index (χ3n) is 10.6. The number of guanidine groups is 2. The summed E-state index contributed by atoms with van der Waals surface area (Å²) in [5.41, 5.74) is 26.6. The number of hydrogen-bond donors (Lipinski definition) is 25. The molecule has 0 heterocycles. The summed E-state index contributed by atoms with van der Waals surface area (Å²) >= 11 is 16.4. The molecule has 0 fully saturated rings. The summed E-state index contributed by atoms with van der Waals surface area (Å²) in [7, 11) is 0. The van der Waals surface area contributed by atoms with E-state index in [9.17, 15) is 77.6 Å². The zero-order chi connectivity index (χ0) is 60.7. The van der Waals surface area contributed by atoms with Crippen molar-refractivity contribution in [2.45, 2.75) is 125 Å². The van der Waals surface area contributed by atoms with Gasteiger partial charge in [0.1, 0.15) is 48.3 Å². The summed E-state index contributed by atoms with van der Waals surface area (Å²) in [6.07, 6.45) is -4.75. The van der Waals surface area contributed by atoms with Crippen molar-refractivity contribution in [1.29, 1.82) is 10.8 Å². The molecule has 0 saturated carbocycles. The maximum absolute atomic E-state index is 14.1. The molecule has 446 valence electrons. The first-order valence-corrected chi connectivity index (χ1v) is 26.2. The van der Waals surface area contributed by atoms with E-state index in [1.807, 2.05) is 5.32 Å². The van der Waals surface area contributed by atoms with E-state index in [-0.39, 0.29) is 38.8 Å². The van der Waals surface area contributed by atoms with Crippen molar-refractivity contribution >= 4 is 139 Å². The van der Waals surface area contributed by atoms with E-state index in [2.05, 4.69) is 104 Å². The summed E-state index contributed by atoms with van der Waals surface area (Å²) < 4.78 is 0. The Morgan fingerprint density at radius 2 is 0.734 bits per heavy atom. The largest absolute Gasteiger partial charge is 0.481 e. The first-order chi connectivity index (χ1) is 36.9. The molecule has 26 N–H and O–H groups in total. The Morgan fingerprint density at radius 1 is 0.443 bits per heavy atom. The van der Waals surface area contributed by atoms with Crippen molar-refractivity contribution in [2.75, 3.05) is 36.1 Å². The molecule has 11 atom stereocenters. The Hall–Kier alpha value is -7.03. The number of carboxylic acid groups (broad SMARTS) is 2. The number of carbonyl (C=O) groups is 13. The lowest BCUT2D eigenvalue weighted by Gasteiger charge is -2.27. The molecule has 0 aromatic carbocycles. The number of thiol groups is 4. The summed E-state index contributed by atoms with van der Waals surface area (Å²) in [5.74, 6) is -17.3. The van der Waals surface area contributed by atoms with Crippen LogP contribution in [0.3, 0.4) is 0 Å². The van der Waals surface area contributed by atoms with Crippen LogP contribution < -0.4 is 87.2 Å². The second-order valence-electron chi connectivity index (χ2n) is 17.1. The standard InChI is InChI=1S/C41H72N18O16S4/c1-16(60)29(39(74)75)59-33(68)20(6-7-28(63)64)53-32(67)18(4-2-8-49-40(45)46)51-31(66)19(5-3-9-50-41(47)48)52-35(70)22(12-76)56-37(72)24(14-78)58-38(73)25(15-79)57-36(71)23(13-77)55-34(69)21(11-27(44)62)54-30(65)17(42)10-26(43)61/h16-25,29,60,76-79H,2-15,42H2,1H3,(H2,43,61)(H2,44,62)(H,51,66)(H,52,70)(H,53,67)(H,54,65)(H,55,69)(H,56,72)(H,57,71)(H,58,73)(H,59,68)(H,63,64)(H,74,75)(H4,45,46,49)(H4,47,48,50)/t16-,17+,18+,19+,20+,21+,22+,23+,24+,25+,29+/m1/s1. The highest BCUT2D eigenvalue weighted by Gasteiger charge is 2.36. The summed E-state index contributed by atoms with van der Waals surface area (Å²) in [4.78, 5) is 167. The minimum Gasteiger partial charge on any atom is -0.481 e. The van der Waals surface area contributed by atoms with Gasteiger partial charge in [0.2, 0.25) is 65.0 Å². The Labute approximate surface area is 474 Å². The third kappa shape index (κ3) is 29.0. The summed E-state index contributed by atoms with van der Waals surface area (Å²) in [6, 6.07) is -16.1. The van der Waals surface area contributed by atoms with E-state index in [4.69, 9.17) is 39.5 Å². The Bertz CT molecular complexity index is 2200. The fourth-order valence-corrected chi connectivity index (χ4v) is 7.48. The lowest BCUT2D eigenvalue weighted by Crippen LogP contribution is -2.61. The van der Waals surface area contributed by atoms with Crippen LogP contribution in [-0.2, 0) is 62.3 Å². The van der Waals surface area contributed by atoms with Crippen LogP contribution in [0.4, 0.5) is 0 Å². The minimum absolute atomic E-state index is 0.0129. The van der Waals surface area contributed by atoms with Crippen molar-refractivity contribution in [1.82, 2.24) is 58.5 Å². The molecule has 0 bridgehead atoms. The highest BCUT2D eigenvalue weighted by molar-refractivity contribution is 7.80. The van der Waals surface area contributed by atoms with Gasteiger partial charge in [0.25, 0.3) is 0 Å². The van der Waals surface area contributed by atoms with Gasteiger partial charge in [0, 0.05) is 42.5 Å².